The van der Waals surface area contributed by atoms with Gasteiger partial charge < -0.3 is 20.6 Å². The van der Waals surface area contributed by atoms with Gasteiger partial charge in [0.2, 0.25) is 0 Å². The Morgan fingerprint density at radius 2 is 1.59 bits per heavy atom. The Bertz CT molecular complexity index is 1230. The van der Waals surface area contributed by atoms with Crippen LogP contribution in [0.5, 0.6) is 0 Å². The summed E-state index contributed by atoms with van der Waals surface area (Å²) in [5.74, 6) is -1.38. The van der Waals surface area contributed by atoms with Crippen LogP contribution in [0.4, 0.5) is 16.2 Å². The molecule has 0 saturated carbocycles. The molecule has 0 aliphatic carbocycles. The molecule has 0 unspecified atom stereocenters. The van der Waals surface area contributed by atoms with E-state index in [9.17, 15) is 19.5 Å². The molecule has 1 aliphatic heterocycles. The van der Waals surface area contributed by atoms with E-state index < -0.39 is 18.0 Å². The number of carboxylic acids is 1. The van der Waals surface area contributed by atoms with Crippen LogP contribution in [-0.2, 0) is 4.79 Å². The van der Waals surface area contributed by atoms with Crippen molar-refractivity contribution in [3.63, 3.8) is 0 Å². The maximum Gasteiger partial charge on any atom is 0.326 e. The fraction of sp³-hybridized carbons (Fsp3) is 0.167. The van der Waals surface area contributed by atoms with Gasteiger partial charge in [0.25, 0.3) is 5.91 Å². The summed E-state index contributed by atoms with van der Waals surface area (Å²) >= 11 is 11.8. The van der Waals surface area contributed by atoms with Gasteiger partial charge in [-0.15, -0.1) is 0 Å². The van der Waals surface area contributed by atoms with Crippen molar-refractivity contribution in [2.75, 3.05) is 17.2 Å². The second kappa shape index (κ2) is 10.1. The fourth-order valence-electron chi connectivity index (χ4n) is 3.72. The van der Waals surface area contributed by atoms with Crippen LogP contribution in [0.1, 0.15) is 23.3 Å². The molecule has 10 heteroatoms. The molecule has 8 nitrogen and oxygen atoms in total. The van der Waals surface area contributed by atoms with Gasteiger partial charge >= 0.3 is 12.0 Å². The highest BCUT2D eigenvalue weighted by atomic mass is 35.5. The van der Waals surface area contributed by atoms with E-state index in [1.165, 1.54) is 4.90 Å². The number of urea groups is 1. The molecule has 0 spiro atoms. The summed E-state index contributed by atoms with van der Waals surface area (Å²) in [5.41, 5.74) is 2.91. The summed E-state index contributed by atoms with van der Waals surface area (Å²) in [5, 5.41) is 15.4. The number of rotatable bonds is 5. The van der Waals surface area contributed by atoms with Crippen LogP contribution in [0.15, 0.2) is 60.8 Å². The summed E-state index contributed by atoms with van der Waals surface area (Å²) in [4.78, 5) is 41.8. The van der Waals surface area contributed by atoms with E-state index in [4.69, 9.17) is 23.2 Å². The Balaban J connectivity index is 1.38. The van der Waals surface area contributed by atoms with Crippen LogP contribution in [-0.4, -0.2) is 45.5 Å². The van der Waals surface area contributed by atoms with E-state index in [-0.39, 0.29) is 11.6 Å². The number of likely N-dealkylation sites (tertiary alicyclic amines) is 1. The van der Waals surface area contributed by atoms with Crippen LogP contribution in [0.2, 0.25) is 10.0 Å². The first-order valence-corrected chi connectivity index (χ1v) is 11.2. The van der Waals surface area contributed by atoms with Crippen molar-refractivity contribution < 1.29 is 19.5 Å². The number of nitrogens with zero attached hydrogens (tertiary/aromatic N) is 2. The first-order chi connectivity index (χ1) is 16.3. The topological polar surface area (TPSA) is 112 Å². The van der Waals surface area contributed by atoms with E-state index in [1.807, 2.05) is 12.1 Å². The molecule has 1 aliphatic rings. The number of amides is 3. The van der Waals surface area contributed by atoms with Gasteiger partial charge in [-0.1, -0.05) is 41.4 Å². The van der Waals surface area contributed by atoms with Gasteiger partial charge in [0.15, 0.2) is 0 Å². The van der Waals surface area contributed by atoms with Crippen molar-refractivity contribution in [1.82, 2.24) is 9.88 Å². The Kier molecular flexibility index (Phi) is 7.00. The summed E-state index contributed by atoms with van der Waals surface area (Å²) < 4.78 is 0. The average Bonchev–Trinajstić information content (AvgIpc) is 3.32. The predicted molar refractivity (Wildman–Crippen MR) is 130 cm³/mol. The van der Waals surface area contributed by atoms with E-state index in [2.05, 4.69) is 15.6 Å². The highest BCUT2D eigenvalue weighted by Crippen LogP contribution is 2.26. The molecule has 3 amide bonds. The molecule has 3 aromatic rings. The van der Waals surface area contributed by atoms with Crippen molar-refractivity contribution in [1.29, 1.82) is 0 Å². The van der Waals surface area contributed by atoms with Crippen LogP contribution < -0.4 is 10.6 Å². The maximum atomic E-state index is 12.7. The number of aromatic nitrogens is 1. The zero-order valence-corrected chi connectivity index (χ0v) is 19.3. The lowest BCUT2D eigenvalue weighted by Gasteiger charge is -2.20. The largest absolute Gasteiger partial charge is 0.480 e. The van der Waals surface area contributed by atoms with Crippen LogP contribution in [0, 0.1) is 0 Å². The number of carbonyl (C=O) groups excluding carboxylic acids is 2. The molecule has 1 fully saturated rings. The summed E-state index contributed by atoms with van der Waals surface area (Å²) in [6, 6.07) is 14.0. The van der Waals surface area contributed by atoms with Crippen molar-refractivity contribution in [2.45, 2.75) is 18.9 Å². The quantitative estimate of drug-likeness (QED) is 0.436. The summed E-state index contributed by atoms with van der Waals surface area (Å²) in [6.45, 7) is 0.409. The maximum absolute atomic E-state index is 12.7. The number of pyridine rings is 1. The van der Waals surface area contributed by atoms with Crippen LogP contribution >= 0.6 is 23.2 Å². The van der Waals surface area contributed by atoms with Crippen molar-refractivity contribution in [3.8, 4) is 11.1 Å². The van der Waals surface area contributed by atoms with Gasteiger partial charge in [-0.05, 0) is 54.8 Å². The molecule has 1 saturated heterocycles. The van der Waals surface area contributed by atoms with Gasteiger partial charge in [-0.3, -0.25) is 9.78 Å². The standard InChI is InChI=1S/C24H20Cl2N4O4/c25-18-9-8-17(12-19(18)26)29-24(34)28-16-6-3-14(4-7-16)15-5-10-20(27-13-15)22(31)30-11-1-2-21(30)23(32)33/h3-10,12-13,21H,1-2,11H2,(H,32,33)(H2,28,29,34)/t21-/m0/s1. The molecule has 0 bridgehead atoms. The number of carboxylic acid groups (broad SMARTS) is 1. The van der Waals surface area contributed by atoms with Gasteiger partial charge in [0.05, 0.1) is 10.0 Å². The molecular weight excluding hydrogens is 479 g/mol. The van der Waals surface area contributed by atoms with Gasteiger partial charge in [-0.2, -0.15) is 0 Å². The second-order valence-corrected chi connectivity index (χ2v) is 8.53. The van der Waals surface area contributed by atoms with Crippen LogP contribution in [0.3, 0.4) is 0 Å². The molecule has 1 aromatic heterocycles. The molecule has 2 aromatic carbocycles. The molecule has 2 heterocycles. The first kappa shape index (κ1) is 23.5. The molecule has 34 heavy (non-hydrogen) atoms. The molecule has 174 valence electrons. The Morgan fingerprint density at radius 3 is 2.24 bits per heavy atom. The van der Waals surface area contributed by atoms with Crippen molar-refractivity contribution in [3.05, 3.63) is 76.5 Å². The monoisotopic (exact) mass is 498 g/mol. The van der Waals surface area contributed by atoms with E-state index in [0.29, 0.717) is 40.8 Å². The third-order valence-corrected chi connectivity index (χ3v) is 6.17. The fourth-order valence-corrected chi connectivity index (χ4v) is 4.02. The molecule has 4 rings (SSSR count). The third-order valence-electron chi connectivity index (χ3n) is 5.43. The lowest BCUT2D eigenvalue weighted by atomic mass is 10.1. The summed E-state index contributed by atoms with van der Waals surface area (Å²) in [7, 11) is 0. The van der Waals surface area contributed by atoms with E-state index in [1.54, 1.807) is 48.7 Å². The highest BCUT2D eigenvalue weighted by molar-refractivity contribution is 6.42. The first-order valence-electron chi connectivity index (χ1n) is 10.4. The Morgan fingerprint density at radius 1 is 0.912 bits per heavy atom. The van der Waals surface area contributed by atoms with Gasteiger partial charge in [0, 0.05) is 29.7 Å². The third kappa shape index (κ3) is 5.30. The summed E-state index contributed by atoms with van der Waals surface area (Å²) in [6.07, 6.45) is 2.68. The minimum Gasteiger partial charge on any atom is -0.480 e. The van der Waals surface area contributed by atoms with Gasteiger partial charge in [0.1, 0.15) is 11.7 Å². The van der Waals surface area contributed by atoms with E-state index >= 15 is 0 Å². The minimum absolute atomic E-state index is 0.203. The van der Waals surface area contributed by atoms with Gasteiger partial charge in [-0.25, -0.2) is 9.59 Å². The van der Waals surface area contributed by atoms with Crippen LogP contribution in [0.25, 0.3) is 11.1 Å². The number of hydrogen-bond acceptors (Lipinski definition) is 4. The van der Waals surface area contributed by atoms with E-state index in [0.717, 1.165) is 11.1 Å². The second-order valence-electron chi connectivity index (χ2n) is 7.71. The molecular formula is C24H20Cl2N4O4. The van der Waals surface area contributed by atoms with Crippen molar-refractivity contribution in [2.24, 2.45) is 0 Å². The number of halogens is 2. The Hall–Kier alpha value is -3.62. The number of hydrogen-bond donors (Lipinski definition) is 3. The molecule has 1 atom stereocenters. The number of carbonyl (C=O) groups is 3. The number of anilines is 2. The smallest absolute Gasteiger partial charge is 0.326 e. The zero-order chi connectivity index (χ0) is 24.2. The number of benzene rings is 2. The average molecular weight is 499 g/mol. The highest BCUT2D eigenvalue weighted by Gasteiger charge is 2.34. The lowest BCUT2D eigenvalue weighted by molar-refractivity contribution is -0.141. The predicted octanol–water partition coefficient (Wildman–Crippen LogP) is 5.39. The number of nitrogens with one attached hydrogen (secondary N) is 2. The normalized spacial score (nSPS) is 15.1. The molecule has 0 radical (unpaired) electrons. The van der Waals surface area contributed by atoms with Crippen molar-refractivity contribution >= 4 is 52.5 Å². The molecule has 3 N–H and O–H groups in total. The minimum atomic E-state index is -0.998. The lowest BCUT2D eigenvalue weighted by Crippen LogP contribution is -2.40. The zero-order valence-electron chi connectivity index (χ0n) is 17.8. The number of aliphatic carboxylic acids is 1. The SMILES string of the molecule is O=C(Nc1ccc(-c2ccc(C(=O)N3CCC[C@H]3C(=O)O)nc2)cc1)Nc1ccc(Cl)c(Cl)c1. The Labute approximate surface area is 205 Å².